The molecule has 5 heteroatoms. The molecule has 92 valence electrons. The molecule has 0 amide bonds. The summed E-state index contributed by atoms with van der Waals surface area (Å²) in [5.41, 5.74) is 0.905. The van der Waals surface area contributed by atoms with Gasteiger partial charge in [0.05, 0.1) is 21.5 Å². The van der Waals surface area contributed by atoms with Crippen molar-refractivity contribution in [3.63, 3.8) is 0 Å². The number of fused-ring (bicyclic) bond motifs is 2. The SMILES string of the molecule is CCc1nc(C2CC3CCC2O3)[nH]c(=O)c1I. The van der Waals surface area contributed by atoms with E-state index in [2.05, 4.69) is 32.6 Å². The van der Waals surface area contributed by atoms with Crippen LogP contribution in [0.25, 0.3) is 0 Å². The maximum atomic E-state index is 11.8. The van der Waals surface area contributed by atoms with Crippen LogP contribution in [0.3, 0.4) is 0 Å². The van der Waals surface area contributed by atoms with E-state index < -0.39 is 0 Å². The van der Waals surface area contributed by atoms with Gasteiger partial charge in [-0.15, -0.1) is 0 Å². The first-order valence-corrected chi connectivity index (χ1v) is 7.21. The number of aryl methyl sites for hydroxylation is 1. The van der Waals surface area contributed by atoms with Crippen LogP contribution in [0.5, 0.6) is 0 Å². The average Bonchev–Trinajstić information content (AvgIpc) is 2.94. The summed E-state index contributed by atoms with van der Waals surface area (Å²) in [7, 11) is 0. The van der Waals surface area contributed by atoms with Crippen LogP contribution in [0.2, 0.25) is 0 Å². The second-order valence-electron chi connectivity index (χ2n) is 4.78. The number of hydrogen-bond acceptors (Lipinski definition) is 3. The molecular formula is C12H15IN2O2. The van der Waals surface area contributed by atoms with Crippen molar-refractivity contribution in [2.45, 2.75) is 50.7 Å². The molecule has 0 radical (unpaired) electrons. The van der Waals surface area contributed by atoms with Gasteiger partial charge in [-0.05, 0) is 48.3 Å². The van der Waals surface area contributed by atoms with Gasteiger partial charge < -0.3 is 9.72 Å². The highest BCUT2D eigenvalue weighted by Gasteiger charge is 2.42. The van der Waals surface area contributed by atoms with E-state index in [0.717, 1.165) is 40.8 Å². The Morgan fingerprint density at radius 2 is 2.35 bits per heavy atom. The molecule has 0 aromatic carbocycles. The minimum Gasteiger partial charge on any atom is -0.374 e. The minimum absolute atomic E-state index is 0.00442. The van der Waals surface area contributed by atoms with E-state index in [0.29, 0.717) is 12.0 Å². The highest BCUT2D eigenvalue weighted by atomic mass is 127. The highest BCUT2D eigenvalue weighted by molar-refractivity contribution is 14.1. The van der Waals surface area contributed by atoms with Crippen LogP contribution in [0, 0.1) is 3.57 Å². The largest absolute Gasteiger partial charge is 0.374 e. The predicted molar refractivity (Wildman–Crippen MR) is 72.2 cm³/mol. The van der Waals surface area contributed by atoms with Crippen molar-refractivity contribution in [3.05, 3.63) is 25.4 Å². The van der Waals surface area contributed by atoms with E-state index in [1.807, 2.05) is 6.92 Å². The molecule has 3 atom stereocenters. The summed E-state index contributed by atoms with van der Waals surface area (Å²) in [4.78, 5) is 19.4. The monoisotopic (exact) mass is 346 g/mol. The van der Waals surface area contributed by atoms with E-state index in [-0.39, 0.29) is 11.7 Å². The first kappa shape index (κ1) is 11.6. The zero-order valence-electron chi connectivity index (χ0n) is 9.70. The quantitative estimate of drug-likeness (QED) is 0.833. The number of halogens is 1. The maximum absolute atomic E-state index is 11.8. The van der Waals surface area contributed by atoms with Crippen molar-refractivity contribution in [1.29, 1.82) is 0 Å². The molecule has 2 bridgehead atoms. The molecule has 3 unspecified atom stereocenters. The summed E-state index contributed by atoms with van der Waals surface area (Å²) in [6.07, 6.45) is 4.74. The second-order valence-corrected chi connectivity index (χ2v) is 5.86. The lowest BCUT2D eigenvalue weighted by atomic mass is 9.88. The van der Waals surface area contributed by atoms with Gasteiger partial charge in [-0.2, -0.15) is 0 Å². The molecule has 0 spiro atoms. The van der Waals surface area contributed by atoms with Crippen LogP contribution in [0.1, 0.15) is 43.6 Å². The zero-order chi connectivity index (χ0) is 12.0. The van der Waals surface area contributed by atoms with Crippen molar-refractivity contribution < 1.29 is 4.74 Å². The van der Waals surface area contributed by atoms with Crippen LogP contribution in [0.4, 0.5) is 0 Å². The molecule has 2 aliphatic heterocycles. The fourth-order valence-electron chi connectivity index (χ4n) is 2.86. The number of hydrogen-bond donors (Lipinski definition) is 1. The van der Waals surface area contributed by atoms with Crippen LogP contribution in [-0.2, 0) is 11.2 Å². The summed E-state index contributed by atoms with van der Waals surface area (Å²) in [6, 6.07) is 0. The molecule has 0 aliphatic carbocycles. The maximum Gasteiger partial charge on any atom is 0.264 e. The van der Waals surface area contributed by atoms with Crippen molar-refractivity contribution in [2.24, 2.45) is 0 Å². The Morgan fingerprint density at radius 3 is 2.94 bits per heavy atom. The molecule has 3 rings (SSSR count). The topological polar surface area (TPSA) is 55.0 Å². The zero-order valence-corrected chi connectivity index (χ0v) is 11.9. The van der Waals surface area contributed by atoms with E-state index in [9.17, 15) is 4.79 Å². The molecule has 3 heterocycles. The number of aromatic nitrogens is 2. The first-order chi connectivity index (χ1) is 8.19. The minimum atomic E-state index is -0.00442. The summed E-state index contributed by atoms with van der Waals surface area (Å²) in [5.74, 6) is 1.13. The molecule has 4 nitrogen and oxygen atoms in total. The lowest BCUT2D eigenvalue weighted by molar-refractivity contribution is 0.0998. The summed E-state index contributed by atoms with van der Waals surface area (Å²) in [5, 5.41) is 0. The van der Waals surface area contributed by atoms with Crippen molar-refractivity contribution in [2.75, 3.05) is 0 Å². The second kappa shape index (κ2) is 4.35. The Morgan fingerprint density at radius 1 is 1.53 bits per heavy atom. The molecule has 1 aromatic heterocycles. The number of nitrogens with one attached hydrogen (secondary N) is 1. The number of rotatable bonds is 2. The average molecular weight is 346 g/mol. The lowest BCUT2D eigenvalue weighted by Gasteiger charge is -2.18. The van der Waals surface area contributed by atoms with Gasteiger partial charge in [-0.1, -0.05) is 6.92 Å². The van der Waals surface area contributed by atoms with Gasteiger partial charge >= 0.3 is 0 Å². The number of ether oxygens (including phenoxy) is 1. The Hall–Kier alpha value is -0.430. The summed E-state index contributed by atoms with van der Waals surface area (Å²) in [6.45, 7) is 2.03. The van der Waals surface area contributed by atoms with E-state index >= 15 is 0 Å². The van der Waals surface area contributed by atoms with Crippen molar-refractivity contribution in [1.82, 2.24) is 9.97 Å². The smallest absolute Gasteiger partial charge is 0.264 e. The first-order valence-electron chi connectivity index (χ1n) is 6.13. The van der Waals surface area contributed by atoms with Gasteiger partial charge in [-0.25, -0.2) is 4.98 Å². The van der Waals surface area contributed by atoms with Crippen molar-refractivity contribution >= 4 is 22.6 Å². The molecule has 2 aliphatic rings. The summed E-state index contributed by atoms with van der Waals surface area (Å²) < 4.78 is 6.54. The van der Waals surface area contributed by atoms with Crippen molar-refractivity contribution in [3.8, 4) is 0 Å². The summed E-state index contributed by atoms with van der Waals surface area (Å²) >= 11 is 2.07. The fourth-order valence-corrected chi connectivity index (χ4v) is 3.50. The Kier molecular flexibility index (Phi) is 2.98. The van der Waals surface area contributed by atoms with Crippen LogP contribution < -0.4 is 5.56 Å². The lowest BCUT2D eigenvalue weighted by Crippen LogP contribution is -2.24. The molecular weight excluding hydrogens is 331 g/mol. The molecule has 0 saturated carbocycles. The molecule has 1 N–H and O–H groups in total. The highest BCUT2D eigenvalue weighted by Crippen LogP contribution is 2.43. The van der Waals surface area contributed by atoms with Crippen LogP contribution in [-0.4, -0.2) is 22.2 Å². The third kappa shape index (κ3) is 1.93. The van der Waals surface area contributed by atoms with Gasteiger partial charge in [0.25, 0.3) is 5.56 Å². The van der Waals surface area contributed by atoms with Crippen LogP contribution in [0.15, 0.2) is 4.79 Å². The van der Waals surface area contributed by atoms with E-state index in [1.54, 1.807) is 0 Å². The van der Waals surface area contributed by atoms with Gasteiger partial charge in [-0.3, -0.25) is 4.79 Å². The third-order valence-corrected chi connectivity index (χ3v) is 4.85. The van der Waals surface area contributed by atoms with Gasteiger partial charge in [0.15, 0.2) is 0 Å². The normalized spacial score (nSPS) is 31.1. The number of H-pyrrole nitrogens is 1. The van der Waals surface area contributed by atoms with Gasteiger partial charge in [0.1, 0.15) is 5.82 Å². The van der Waals surface area contributed by atoms with Gasteiger partial charge in [0, 0.05) is 5.92 Å². The standard InChI is InChI=1S/C12H15IN2O2/c1-2-8-10(13)12(16)15-11(14-8)7-5-6-3-4-9(7)17-6/h6-7,9H,2-5H2,1H3,(H,14,15,16). The van der Waals surface area contributed by atoms with Gasteiger partial charge in [0.2, 0.25) is 0 Å². The molecule has 1 aromatic rings. The Bertz CT molecular complexity index is 500. The number of nitrogens with zero attached hydrogens (tertiary/aromatic N) is 1. The van der Waals surface area contributed by atoms with Crippen LogP contribution >= 0.6 is 22.6 Å². The fraction of sp³-hybridized carbons (Fsp3) is 0.667. The predicted octanol–water partition coefficient (Wildman–Crippen LogP) is 1.97. The number of aromatic amines is 1. The molecule has 2 fully saturated rings. The van der Waals surface area contributed by atoms with E-state index in [1.165, 1.54) is 0 Å². The Labute approximate surface area is 113 Å². The molecule has 17 heavy (non-hydrogen) atoms. The third-order valence-electron chi connectivity index (χ3n) is 3.74. The van der Waals surface area contributed by atoms with E-state index in [4.69, 9.17) is 4.74 Å². The Balaban J connectivity index is 1.98. The molecule has 2 saturated heterocycles.